The Kier molecular flexibility index (Phi) is 5.13. The number of halogens is 1. The van der Waals surface area contributed by atoms with Crippen LogP contribution < -0.4 is 0 Å². The quantitative estimate of drug-likeness (QED) is 0.647. The molecule has 1 fully saturated rings. The first-order chi connectivity index (χ1) is 7.11. The van der Waals surface area contributed by atoms with Gasteiger partial charge in [0.1, 0.15) is 0 Å². The maximum atomic E-state index is 5.74. The average Bonchev–Trinajstić information content (AvgIpc) is 2.58. The highest BCUT2D eigenvalue weighted by Crippen LogP contribution is 2.17. The second-order valence-electron chi connectivity index (χ2n) is 4.31. The summed E-state index contributed by atoms with van der Waals surface area (Å²) in [6, 6.07) is 0. The summed E-state index contributed by atoms with van der Waals surface area (Å²) in [4.78, 5) is 2.50. The molecule has 0 aliphatic carbocycles. The van der Waals surface area contributed by atoms with E-state index in [1.165, 1.54) is 25.1 Å². The van der Waals surface area contributed by atoms with E-state index in [2.05, 4.69) is 25.0 Å². The molecule has 0 N–H and O–H groups in total. The molecule has 0 aromatic carbocycles. The normalized spacial score (nSPS) is 23.1. The molecule has 0 spiro atoms. The van der Waals surface area contributed by atoms with Gasteiger partial charge >= 0.3 is 0 Å². The topological polar surface area (TPSA) is 3.24 Å². The highest BCUT2D eigenvalue weighted by Gasteiger charge is 2.17. The van der Waals surface area contributed by atoms with Crippen LogP contribution in [0.5, 0.6) is 0 Å². The maximum Gasteiger partial charge on any atom is 0.0336 e. The van der Waals surface area contributed by atoms with Crippen LogP contribution in [0.1, 0.15) is 19.8 Å². The summed E-state index contributed by atoms with van der Waals surface area (Å²) in [6.45, 7) is 13.3. The van der Waals surface area contributed by atoms with Gasteiger partial charge in [0, 0.05) is 18.1 Å². The Morgan fingerprint density at radius 3 is 2.80 bits per heavy atom. The van der Waals surface area contributed by atoms with Crippen LogP contribution in [0, 0.1) is 5.92 Å². The zero-order chi connectivity index (χ0) is 11.3. The van der Waals surface area contributed by atoms with Crippen molar-refractivity contribution in [1.29, 1.82) is 0 Å². The van der Waals surface area contributed by atoms with Gasteiger partial charge in [-0.3, -0.25) is 0 Å². The van der Waals surface area contributed by atoms with Crippen molar-refractivity contribution in [2.24, 2.45) is 5.92 Å². The fraction of sp³-hybridized carbons (Fsp3) is 0.538. The Morgan fingerprint density at radius 2 is 2.33 bits per heavy atom. The third-order valence-electron chi connectivity index (χ3n) is 2.83. The monoisotopic (exact) mass is 225 g/mol. The fourth-order valence-electron chi connectivity index (χ4n) is 1.95. The van der Waals surface area contributed by atoms with Crippen molar-refractivity contribution in [3.8, 4) is 0 Å². The first-order valence-corrected chi connectivity index (χ1v) is 5.89. The molecule has 1 rings (SSSR count). The van der Waals surface area contributed by atoms with Gasteiger partial charge in [0.25, 0.3) is 0 Å². The SMILES string of the molecule is C=C/C(=C\C(=C)Cl)CCN1CCC(C)C1. The molecule has 1 heterocycles. The smallest absolute Gasteiger partial charge is 0.0336 e. The molecule has 0 amide bonds. The average molecular weight is 226 g/mol. The minimum atomic E-state index is 0.583. The lowest BCUT2D eigenvalue weighted by molar-refractivity contribution is 0.333. The summed E-state index contributed by atoms with van der Waals surface area (Å²) < 4.78 is 0. The molecule has 1 aliphatic heterocycles. The molecule has 15 heavy (non-hydrogen) atoms. The van der Waals surface area contributed by atoms with E-state index in [1.807, 2.05) is 12.2 Å². The van der Waals surface area contributed by atoms with Gasteiger partial charge in [-0.25, -0.2) is 0 Å². The Bertz CT molecular complexity index is 268. The van der Waals surface area contributed by atoms with Crippen LogP contribution >= 0.6 is 11.6 Å². The van der Waals surface area contributed by atoms with Crippen molar-refractivity contribution in [3.63, 3.8) is 0 Å². The van der Waals surface area contributed by atoms with E-state index in [4.69, 9.17) is 11.6 Å². The lowest BCUT2D eigenvalue weighted by Crippen LogP contribution is -2.21. The third-order valence-corrected chi connectivity index (χ3v) is 2.94. The number of likely N-dealkylation sites (tertiary alicyclic amines) is 1. The lowest BCUT2D eigenvalue weighted by Gasteiger charge is -2.15. The van der Waals surface area contributed by atoms with Crippen LogP contribution in [0.2, 0.25) is 0 Å². The van der Waals surface area contributed by atoms with Gasteiger partial charge in [-0.15, -0.1) is 0 Å². The number of hydrogen-bond donors (Lipinski definition) is 0. The van der Waals surface area contributed by atoms with E-state index in [0.717, 1.165) is 18.9 Å². The van der Waals surface area contributed by atoms with Gasteiger partial charge in [-0.05, 0) is 37.0 Å². The molecule has 0 aromatic rings. The van der Waals surface area contributed by atoms with Crippen molar-refractivity contribution < 1.29 is 0 Å². The standard InChI is InChI=1S/C13H20ClN/c1-4-13(9-12(3)14)6-8-15-7-5-11(2)10-15/h4,9,11H,1,3,5-8,10H2,2H3/b13-9+. The first kappa shape index (κ1) is 12.5. The van der Waals surface area contributed by atoms with E-state index in [-0.39, 0.29) is 0 Å². The molecule has 1 unspecified atom stereocenters. The lowest BCUT2D eigenvalue weighted by atomic mass is 10.1. The van der Waals surface area contributed by atoms with Crippen molar-refractivity contribution in [3.05, 3.63) is 35.9 Å². The molecule has 2 heteroatoms. The molecule has 0 bridgehead atoms. The van der Waals surface area contributed by atoms with E-state index in [1.54, 1.807) is 0 Å². The molecule has 1 nitrogen and oxygen atoms in total. The van der Waals surface area contributed by atoms with Gasteiger partial charge < -0.3 is 4.90 Å². The predicted molar refractivity (Wildman–Crippen MR) is 68.1 cm³/mol. The molecule has 1 atom stereocenters. The second kappa shape index (κ2) is 6.14. The van der Waals surface area contributed by atoms with Gasteiger partial charge in [0.15, 0.2) is 0 Å². The van der Waals surface area contributed by atoms with Crippen LogP contribution in [0.3, 0.4) is 0 Å². The highest BCUT2D eigenvalue weighted by molar-refractivity contribution is 6.30. The summed E-state index contributed by atoms with van der Waals surface area (Å²) >= 11 is 5.74. The van der Waals surface area contributed by atoms with E-state index in [9.17, 15) is 0 Å². The van der Waals surface area contributed by atoms with Crippen LogP contribution in [0.15, 0.2) is 35.9 Å². The van der Waals surface area contributed by atoms with Crippen LogP contribution in [-0.2, 0) is 0 Å². The maximum absolute atomic E-state index is 5.74. The van der Waals surface area contributed by atoms with E-state index in [0.29, 0.717) is 5.03 Å². The second-order valence-corrected chi connectivity index (χ2v) is 4.80. The van der Waals surface area contributed by atoms with Crippen molar-refractivity contribution in [2.75, 3.05) is 19.6 Å². The zero-order valence-electron chi connectivity index (χ0n) is 9.51. The van der Waals surface area contributed by atoms with Crippen molar-refractivity contribution in [1.82, 2.24) is 4.90 Å². The molecule has 0 saturated carbocycles. The number of nitrogens with zero attached hydrogens (tertiary/aromatic N) is 1. The Hall–Kier alpha value is -0.530. The molecule has 1 aliphatic rings. The summed E-state index contributed by atoms with van der Waals surface area (Å²) in [5.74, 6) is 0.851. The number of allylic oxidation sites excluding steroid dienone is 3. The first-order valence-electron chi connectivity index (χ1n) is 5.51. The number of rotatable bonds is 5. The van der Waals surface area contributed by atoms with Crippen LogP contribution in [-0.4, -0.2) is 24.5 Å². The van der Waals surface area contributed by atoms with Gasteiger partial charge in [-0.1, -0.05) is 37.8 Å². The third kappa shape index (κ3) is 4.67. The van der Waals surface area contributed by atoms with E-state index < -0.39 is 0 Å². The van der Waals surface area contributed by atoms with Gasteiger partial charge in [-0.2, -0.15) is 0 Å². The summed E-state index contributed by atoms with van der Waals surface area (Å²) in [5, 5.41) is 0.583. The zero-order valence-corrected chi connectivity index (χ0v) is 10.3. The predicted octanol–water partition coefficient (Wildman–Crippen LogP) is 3.58. The summed E-state index contributed by atoms with van der Waals surface area (Å²) in [5.41, 5.74) is 1.18. The van der Waals surface area contributed by atoms with Crippen molar-refractivity contribution >= 4 is 11.6 Å². The Labute approximate surface area is 98.1 Å². The fourth-order valence-corrected chi connectivity index (χ4v) is 2.09. The minimum absolute atomic E-state index is 0.583. The van der Waals surface area contributed by atoms with Crippen LogP contribution in [0.25, 0.3) is 0 Å². The Morgan fingerprint density at radius 1 is 1.60 bits per heavy atom. The molecule has 1 saturated heterocycles. The molecular formula is C13H20ClN. The highest BCUT2D eigenvalue weighted by atomic mass is 35.5. The molecule has 84 valence electrons. The summed E-state index contributed by atoms with van der Waals surface area (Å²) in [6.07, 6.45) is 6.11. The number of hydrogen-bond acceptors (Lipinski definition) is 1. The Balaban J connectivity index is 2.34. The molecule has 0 radical (unpaired) electrons. The van der Waals surface area contributed by atoms with Crippen molar-refractivity contribution in [2.45, 2.75) is 19.8 Å². The summed E-state index contributed by atoms with van der Waals surface area (Å²) in [7, 11) is 0. The molecular weight excluding hydrogens is 206 g/mol. The van der Waals surface area contributed by atoms with E-state index >= 15 is 0 Å². The van der Waals surface area contributed by atoms with Crippen LogP contribution in [0.4, 0.5) is 0 Å². The molecule has 0 aromatic heterocycles. The largest absolute Gasteiger partial charge is 0.303 e. The van der Waals surface area contributed by atoms with Gasteiger partial charge in [0.2, 0.25) is 0 Å². The minimum Gasteiger partial charge on any atom is -0.303 e. The van der Waals surface area contributed by atoms with Gasteiger partial charge in [0.05, 0.1) is 0 Å².